The quantitative estimate of drug-likeness (QED) is 0.814. The Hall–Kier alpha value is -1.67. The third-order valence-corrected chi connectivity index (χ3v) is 3.96. The summed E-state index contributed by atoms with van der Waals surface area (Å²) in [6.45, 7) is 1.78. The molecule has 92 valence electrons. The van der Waals surface area contributed by atoms with Crippen LogP contribution in [-0.2, 0) is 12.0 Å². The Balaban J connectivity index is 2.14. The Bertz CT molecular complexity index is 606. The molecule has 0 radical (unpaired) electrons. The summed E-state index contributed by atoms with van der Waals surface area (Å²) in [6.07, 6.45) is 1.88. The van der Waals surface area contributed by atoms with Crippen molar-refractivity contribution in [2.75, 3.05) is 0 Å². The number of halogens is 1. The second-order valence-corrected chi connectivity index (χ2v) is 5.09. The molecule has 0 saturated heterocycles. The number of rotatable bonds is 1. The molecule has 1 nitrogen and oxygen atoms in total. The van der Waals surface area contributed by atoms with Gasteiger partial charge in [0.1, 0.15) is 5.82 Å². The molecule has 2 aromatic carbocycles. The molecule has 1 unspecified atom stereocenters. The summed E-state index contributed by atoms with van der Waals surface area (Å²) in [7, 11) is 0. The molecule has 2 aromatic rings. The summed E-state index contributed by atoms with van der Waals surface area (Å²) < 4.78 is 13.4. The highest BCUT2D eigenvalue weighted by Gasteiger charge is 2.36. The van der Waals surface area contributed by atoms with Crippen LogP contribution < -0.4 is 5.73 Å². The monoisotopic (exact) mass is 241 g/mol. The van der Waals surface area contributed by atoms with Crippen molar-refractivity contribution in [3.05, 3.63) is 70.5 Å². The van der Waals surface area contributed by atoms with Crippen molar-refractivity contribution in [2.24, 2.45) is 5.73 Å². The summed E-state index contributed by atoms with van der Waals surface area (Å²) in [5.41, 5.74) is 10.3. The summed E-state index contributed by atoms with van der Waals surface area (Å²) in [5, 5.41) is 0. The average molecular weight is 241 g/mol. The van der Waals surface area contributed by atoms with E-state index in [4.69, 9.17) is 5.73 Å². The average Bonchev–Trinajstić information content (AvgIpc) is 2.73. The van der Waals surface area contributed by atoms with E-state index >= 15 is 0 Å². The first kappa shape index (κ1) is 11.4. The Morgan fingerprint density at radius 2 is 1.94 bits per heavy atom. The molecule has 0 spiro atoms. The van der Waals surface area contributed by atoms with Gasteiger partial charge in [0, 0.05) is 0 Å². The van der Waals surface area contributed by atoms with Crippen molar-refractivity contribution >= 4 is 0 Å². The summed E-state index contributed by atoms with van der Waals surface area (Å²) in [5.74, 6) is -0.173. The summed E-state index contributed by atoms with van der Waals surface area (Å²) in [4.78, 5) is 0. The molecular formula is C16H16FN. The van der Waals surface area contributed by atoms with E-state index in [-0.39, 0.29) is 5.82 Å². The standard InChI is InChI=1S/C16H16FN/c1-11-10-13(6-7-15(11)17)16(18)9-8-12-4-2-3-5-14(12)16/h2-7,10H,8-9,18H2,1H3. The van der Waals surface area contributed by atoms with Crippen LogP contribution in [0.15, 0.2) is 42.5 Å². The first-order valence-electron chi connectivity index (χ1n) is 6.25. The lowest BCUT2D eigenvalue weighted by Gasteiger charge is -2.26. The Kier molecular flexibility index (Phi) is 2.49. The number of fused-ring (bicyclic) bond motifs is 1. The van der Waals surface area contributed by atoms with Gasteiger partial charge in [-0.2, -0.15) is 0 Å². The zero-order chi connectivity index (χ0) is 12.8. The second-order valence-electron chi connectivity index (χ2n) is 5.09. The topological polar surface area (TPSA) is 26.0 Å². The van der Waals surface area contributed by atoms with Gasteiger partial charge in [0.15, 0.2) is 0 Å². The predicted octanol–water partition coefficient (Wildman–Crippen LogP) is 3.28. The first-order valence-corrected chi connectivity index (χ1v) is 6.25. The van der Waals surface area contributed by atoms with Crippen LogP contribution >= 0.6 is 0 Å². The van der Waals surface area contributed by atoms with Crippen LogP contribution in [0.4, 0.5) is 4.39 Å². The highest BCUT2D eigenvalue weighted by Crippen LogP contribution is 2.40. The van der Waals surface area contributed by atoms with Crippen molar-refractivity contribution in [2.45, 2.75) is 25.3 Å². The normalized spacial score (nSPS) is 21.9. The van der Waals surface area contributed by atoms with E-state index in [9.17, 15) is 4.39 Å². The molecular weight excluding hydrogens is 225 g/mol. The van der Waals surface area contributed by atoms with E-state index in [1.807, 2.05) is 24.3 Å². The Morgan fingerprint density at radius 3 is 2.72 bits per heavy atom. The van der Waals surface area contributed by atoms with Gasteiger partial charge in [-0.15, -0.1) is 0 Å². The molecule has 0 aromatic heterocycles. The maximum absolute atomic E-state index is 13.4. The van der Waals surface area contributed by atoms with Crippen LogP contribution in [0.1, 0.15) is 28.7 Å². The molecule has 1 atom stereocenters. The van der Waals surface area contributed by atoms with Gasteiger partial charge < -0.3 is 5.73 Å². The fraction of sp³-hybridized carbons (Fsp3) is 0.250. The van der Waals surface area contributed by atoms with Gasteiger partial charge >= 0.3 is 0 Å². The maximum atomic E-state index is 13.4. The molecule has 0 fully saturated rings. The van der Waals surface area contributed by atoms with Crippen molar-refractivity contribution in [3.63, 3.8) is 0 Å². The largest absolute Gasteiger partial charge is 0.318 e. The maximum Gasteiger partial charge on any atom is 0.126 e. The van der Waals surface area contributed by atoms with E-state index in [1.54, 1.807) is 6.92 Å². The number of aryl methyl sites for hydroxylation is 2. The van der Waals surface area contributed by atoms with Gasteiger partial charge in [-0.1, -0.05) is 36.4 Å². The highest BCUT2D eigenvalue weighted by molar-refractivity contribution is 5.47. The number of hydrogen-bond donors (Lipinski definition) is 1. The van der Waals surface area contributed by atoms with E-state index in [1.165, 1.54) is 17.2 Å². The van der Waals surface area contributed by atoms with Crippen LogP contribution in [-0.4, -0.2) is 0 Å². The van der Waals surface area contributed by atoms with Gasteiger partial charge in [0.05, 0.1) is 5.54 Å². The summed E-state index contributed by atoms with van der Waals surface area (Å²) in [6, 6.07) is 13.5. The number of nitrogens with two attached hydrogens (primary N) is 1. The molecule has 3 rings (SSSR count). The summed E-state index contributed by atoms with van der Waals surface area (Å²) >= 11 is 0. The van der Waals surface area contributed by atoms with Gasteiger partial charge in [-0.05, 0) is 48.1 Å². The first-order chi connectivity index (χ1) is 8.61. The molecule has 2 heteroatoms. The molecule has 1 aliphatic rings. The zero-order valence-electron chi connectivity index (χ0n) is 10.4. The van der Waals surface area contributed by atoms with E-state index in [0.29, 0.717) is 5.56 Å². The Morgan fingerprint density at radius 1 is 1.17 bits per heavy atom. The lowest BCUT2D eigenvalue weighted by Crippen LogP contribution is -2.35. The molecule has 0 bridgehead atoms. The van der Waals surface area contributed by atoms with Gasteiger partial charge in [-0.3, -0.25) is 0 Å². The van der Waals surface area contributed by atoms with Crippen molar-refractivity contribution in [1.82, 2.24) is 0 Å². The lowest BCUT2D eigenvalue weighted by atomic mass is 9.84. The highest BCUT2D eigenvalue weighted by atomic mass is 19.1. The Labute approximate surface area is 106 Å². The fourth-order valence-corrected chi connectivity index (χ4v) is 2.86. The van der Waals surface area contributed by atoms with Crippen LogP contribution in [0.2, 0.25) is 0 Å². The lowest BCUT2D eigenvalue weighted by molar-refractivity contribution is 0.531. The third-order valence-electron chi connectivity index (χ3n) is 3.96. The SMILES string of the molecule is Cc1cc(C2(N)CCc3ccccc32)ccc1F. The molecule has 0 amide bonds. The molecule has 18 heavy (non-hydrogen) atoms. The molecule has 0 heterocycles. The zero-order valence-corrected chi connectivity index (χ0v) is 10.4. The van der Waals surface area contributed by atoms with Gasteiger partial charge in [0.2, 0.25) is 0 Å². The smallest absolute Gasteiger partial charge is 0.126 e. The van der Waals surface area contributed by atoms with Crippen LogP contribution in [0.5, 0.6) is 0 Å². The van der Waals surface area contributed by atoms with E-state index in [0.717, 1.165) is 18.4 Å². The van der Waals surface area contributed by atoms with E-state index in [2.05, 4.69) is 12.1 Å². The number of benzene rings is 2. The van der Waals surface area contributed by atoms with Gasteiger partial charge in [0.25, 0.3) is 0 Å². The van der Waals surface area contributed by atoms with Crippen LogP contribution in [0.25, 0.3) is 0 Å². The molecule has 0 aliphatic heterocycles. The molecule has 2 N–H and O–H groups in total. The van der Waals surface area contributed by atoms with Gasteiger partial charge in [-0.25, -0.2) is 4.39 Å². The minimum Gasteiger partial charge on any atom is -0.318 e. The minimum absolute atomic E-state index is 0.173. The third kappa shape index (κ3) is 1.57. The van der Waals surface area contributed by atoms with Crippen LogP contribution in [0.3, 0.4) is 0 Å². The predicted molar refractivity (Wildman–Crippen MR) is 70.9 cm³/mol. The molecule has 0 saturated carbocycles. The second kappa shape index (κ2) is 3.92. The van der Waals surface area contributed by atoms with Crippen molar-refractivity contribution in [3.8, 4) is 0 Å². The minimum atomic E-state index is -0.463. The number of hydrogen-bond acceptors (Lipinski definition) is 1. The van der Waals surface area contributed by atoms with Crippen molar-refractivity contribution < 1.29 is 4.39 Å². The molecule has 1 aliphatic carbocycles. The van der Waals surface area contributed by atoms with E-state index < -0.39 is 5.54 Å². The van der Waals surface area contributed by atoms with Crippen molar-refractivity contribution in [1.29, 1.82) is 0 Å². The fourth-order valence-electron chi connectivity index (χ4n) is 2.86. The van der Waals surface area contributed by atoms with Crippen LogP contribution in [0, 0.1) is 12.7 Å².